The Bertz CT molecular complexity index is 1780. The SMILES string of the molecule is CCCCNC(=O)[C@H](Cc1ccccc1)N(Cc1cccc(OC)c1)C(=O)CN(c1cc(C)ccc1OC)S(=O)(=O)c1ccc(C)cc1. The topological polar surface area (TPSA) is 105 Å². The fourth-order valence-corrected chi connectivity index (χ4v) is 6.79. The maximum absolute atomic E-state index is 14.7. The lowest BCUT2D eigenvalue weighted by Crippen LogP contribution is -2.53. The van der Waals surface area contributed by atoms with E-state index in [1.165, 1.54) is 24.1 Å². The summed E-state index contributed by atoms with van der Waals surface area (Å²) in [5, 5.41) is 3.01. The highest BCUT2D eigenvalue weighted by molar-refractivity contribution is 7.92. The molecule has 0 aliphatic heterocycles. The summed E-state index contributed by atoms with van der Waals surface area (Å²) in [5.74, 6) is 0.0230. The summed E-state index contributed by atoms with van der Waals surface area (Å²) in [6.45, 7) is 5.67. The molecule has 0 unspecified atom stereocenters. The van der Waals surface area contributed by atoms with Gasteiger partial charge in [0.25, 0.3) is 10.0 Å². The van der Waals surface area contributed by atoms with Crippen LogP contribution in [-0.4, -0.2) is 58.5 Å². The standard InChI is InChI=1S/C38H45N3O6S/c1-6-7-22-39-38(43)35(25-30-12-9-8-10-13-30)40(26-31-14-11-15-32(24-31)46-4)37(42)27-41(34-23-29(3)18-21-36(34)47-5)48(44,45)33-19-16-28(2)17-20-33/h8-21,23-24,35H,6-7,22,25-27H2,1-5H3,(H,39,43)/t35-/m0/s1. The molecule has 1 N–H and O–H groups in total. The number of rotatable bonds is 16. The molecule has 4 rings (SSSR count). The first-order valence-electron chi connectivity index (χ1n) is 16.1. The second kappa shape index (κ2) is 16.8. The number of sulfonamides is 1. The molecule has 10 heteroatoms. The molecule has 0 bridgehead atoms. The van der Waals surface area contributed by atoms with E-state index in [1.54, 1.807) is 43.5 Å². The Hall–Kier alpha value is -4.83. The van der Waals surface area contributed by atoms with Crippen molar-refractivity contribution in [2.75, 3.05) is 31.6 Å². The Balaban J connectivity index is 1.85. The molecule has 0 saturated carbocycles. The van der Waals surface area contributed by atoms with Gasteiger partial charge in [-0.25, -0.2) is 8.42 Å². The van der Waals surface area contributed by atoms with Crippen LogP contribution < -0.4 is 19.1 Å². The van der Waals surface area contributed by atoms with Gasteiger partial charge >= 0.3 is 0 Å². The second-order valence-electron chi connectivity index (χ2n) is 11.7. The minimum atomic E-state index is -4.27. The van der Waals surface area contributed by atoms with Crippen molar-refractivity contribution in [2.45, 2.75) is 57.5 Å². The molecule has 48 heavy (non-hydrogen) atoms. The van der Waals surface area contributed by atoms with Gasteiger partial charge in [0.2, 0.25) is 11.8 Å². The molecule has 0 aromatic heterocycles. The highest BCUT2D eigenvalue weighted by Crippen LogP contribution is 2.34. The zero-order valence-electron chi connectivity index (χ0n) is 28.3. The zero-order valence-corrected chi connectivity index (χ0v) is 29.1. The normalized spacial score (nSPS) is 11.8. The quantitative estimate of drug-likeness (QED) is 0.145. The first-order chi connectivity index (χ1) is 23.1. The van der Waals surface area contributed by atoms with Gasteiger partial charge in [0.15, 0.2) is 0 Å². The lowest BCUT2D eigenvalue weighted by molar-refractivity contribution is -0.140. The van der Waals surface area contributed by atoms with E-state index in [0.29, 0.717) is 18.0 Å². The summed E-state index contributed by atoms with van der Waals surface area (Å²) in [4.78, 5) is 30.2. The minimum absolute atomic E-state index is 0.0296. The van der Waals surface area contributed by atoms with Gasteiger partial charge in [0, 0.05) is 19.5 Å². The number of nitrogens with one attached hydrogen (secondary N) is 1. The van der Waals surface area contributed by atoms with Crippen LogP contribution in [0.5, 0.6) is 11.5 Å². The van der Waals surface area contributed by atoms with Crippen molar-refractivity contribution in [3.05, 3.63) is 119 Å². The second-order valence-corrected chi connectivity index (χ2v) is 13.6. The van der Waals surface area contributed by atoms with Crippen LogP contribution in [0.3, 0.4) is 0 Å². The van der Waals surface area contributed by atoms with Crippen molar-refractivity contribution in [3.63, 3.8) is 0 Å². The number of anilines is 1. The lowest BCUT2D eigenvalue weighted by atomic mass is 10.0. The van der Waals surface area contributed by atoms with Gasteiger partial charge in [-0.3, -0.25) is 13.9 Å². The van der Waals surface area contributed by atoms with Crippen LogP contribution in [0.4, 0.5) is 5.69 Å². The molecular weight excluding hydrogens is 627 g/mol. The van der Waals surface area contributed by atoms with Gasteiger partial charge in [-0.05, 0) is 73.4 Å². The average Bonchev–Trinajstić information content (AvgIpc) is 3.09. The molecule has 2 amide bonds. The number of unbranched alkanes of at least 4 members (excludes halogenated alkanes) is 1. The number of nitrogens with zero attached hydrogens (tertiary/aromatic N) is 2. The van der Waals surface area contributed by atoms with E-state index in [2.05, 4.69) is 5.32 Å². The molecule has 4 aromatic rings. The van der Waals surface area contributed by atoms with Crippen LogP contribution in [0.15, 0.2) is 102 Å². The molecular formula is C38H45N3O6S. The summed E-state index contributed by atoms with van der Waals surface area (Å²) in [6.07, 6.45) is 1.90. The molecule has 0 aliphatic carbocycles. The van der Waals surface area contributed by atoms with Crippen molar-refractivity contribution >= 4 is 27.5 Å². The first-order valence-corrected chi connectivity index (χ1v) is 17.5. The summed E-state index contributed by atoms with van der Waals surface area (Å²) in [6, 6.07) is 27.5. The number of hydrogen-bond acceptors (Lipinski definition) is 6. The monoisotopic (exact) mass is 671 g/mol. The molecule has 0 radical (unpaired) electrons. The molecule has 1 atom stereocenters. The highest BCUT2D eigenvalue weighted by Gasteiger charge is 2.35. The van der Waals surface area contributed by atoms with Crippen LogP contribution in [0.1, 0.15) is 42.0 Å². The highest BCUT2D eigenvalue weighted by atomic mass is 32.2. The summed E-state index contributed by atoms with van der Waals surface area (Å²) >= 11 is 0. The van der Waals surface area contributed by atoms with E-state index in [-0.39, 0.29) is 29.5 Å². The molecule has 4 aromatic carbocycles. The fourth-order valence-electron chi connectivity index (χ4n) is 5.37. The van der Waals surface area contributed by atoms with Crippen LogP contribution >= 0.6 is 0 Å². The smallest absolute Gasteiger partial charge is 0.264 e. The van der Waals surface area contributed by atoms with Crippen molar-refractivity contribution in [2.24, 2.45) is 0 Å². The predicted octanol–water partition coefficient (Wildman–Crippen LogP) is 6.07. The van der Waals surface area contributed by atoms with Crippen molar-refractivity contribution in [3.8, 4) is 11.5 Å². The first kappa shape index (κ1) is 36.0. The number of amides is 2. The van der Waals surface area contributed by atoms with Crippen molar-refractivity contribution in [1.82, 2.24) is 10.2 Å². The molecule has 0 heterocycles. The van der Waals surface area contributed by atoms with E-state index in [9.17, 15) is 18.0 Å². The van der Waals surface area contributed by atoms with Gasteiger partial charge in [-0.1, -0.05) is 79.6 Å². The summed E-state index contributed by atoms with van der Waals surface area (Å²) < 4.78 is 40.9. The lowest BCUT2D eigenvalue weighted by Gasteiger charge is -2.34. The van der Waals surface area contributed by atoms with E-state index >= 15 is 0 Å². The fraction of sp³-hybridized carbons (Fsp3) is 0.316. The number of hydrogen-bond donors (Lipinski definition) is 1. The molecule has 9 nitrogen and oxygen atoms in total. The van der Waals surface area contributed by atoms with E-state index in [1.807, 2.05) is 69.3 Å². The Morgan fingerprint density at radius 1 is 0.812 bits per heavy atom. The number of carbonyl (C=O) groups is 2. The molecule has 254 valence electrons. The number of benzene rings is 4. The Kier molecular flexibility index (Phi) is 12.6. The number of methoxy groups -OCH3 is 2. The number of ether oxygens (including phenoxy) is 2. The largest absolute Gasteiger partial charge is 0.497 e. The van der Waals surface area contributed by atoms with Crippen LogP contribution in [0, 0.1) is 13.8 Å². The molecule has 0 saturated heterocycles. The van der Waals surface area contributed by atoms with Crippen molar-refractivity contribution in [1.29, 1.82) is 0 Å². The van der Waals surface area contributed by atoms with Gasteiger partial charge in [-0.2, -0.15) is 0 Å². The maximum atomic E-state index is 14.7. The van der Waals surface area contributed by atoms with Crippen LogP contribution in [0.25, 0.3) is 0 Å². The number of aryl methyl sites for hydroxylation is 2. The third-order valence-corrected chi connectivity index (χ3v) is 9.85. The third kappa shape index (κ3) is 9.16. The van der Waals surface area contributed by atoms with Crippen molar-refractivity contribution < 1.29 is 27.5 Å². The summed E-state index contributed by atoms with van der Waals surface area (Å²) in [5.41, 5.74) is 3.49. The van der Waals surface area contributed by atoms with Gasteiger partial charge in [0.05, 0.1) is 24.8 Å². The minimum Gasteiger partial charge on any atom is -0.497 e. The average molecular weight is 672 g/mol. The van der Waals surface area contributed by atoms with Gasteiger partial charge < -0.3 is 19.7 Å². The Labute approximate surface area is 284 Å². The van der Waals surface area contributed by atoms with E-state index < -0.39 is 28.5 Å². The third-order valence-electron chi connectivity index (χ3n) is 8.08. The van der Waals surface area contributed by atoms with E-state index in [4.69, 9.17) is 9.47 Å². The van der Waals surface area contributed by atoms with Crippen LogP contribution in [-0.2, 0) is 32.6 Å². The molecule has 0 fully saturated rings. The summed E-state index contributed by atoms with van der Waals surface area (Å²) in [7, 11) is -1.25. The van der Waals surface area contributed by atoms with Gasteiger partial charge in [-0.15, -0.1) is 0 Å². The van der Waals surface area contributed by atoms with Gasteiger partial charge in [0.1, 0.15) is 24.1 Å². The molecule has 0 spiro atoms. The maximum Gasteiger partial charge on any atom is 0.264 e. The van der Waals surface area contributed by atoms with Crippen LogP contribution in [0.2, 0.25) is 0 Å². The molecule has 0 aliphatic rings. The zero-order chi connectivity index (χ0) is 34.7. The van der Waals surface area contributed by atoms with E-state index in [0.717, 1.165) is 39.4 Å². The predicted molar refractivity (Wildman–Crippen MR) is 189 cm³/mol. The Morgan fingerprint density at radius 3 is 2.17 bits per heavy atom. The Morgan fingerprint density at radius 2 is 1.50 bits per heavy atom. The number of carbonyl (C=O) groups excluding carboxylic acids is 2.